The maximum atomic E-state index is 11.9. The van der Waals surface area contributed by atoms with Gasteiger partial charge in [-0.2, -0.15) is 0 Å². The fourth-order valence-electron chi connectivity index (χ4n) is 2.09. The van der Waals surface area contributed by atoms with Crippen molar-refractivity contribution in [3.05, 3.63) is 48.6 Å². The summed E-state index contributed by atoms with van der Waals surface area (Å²) in [6.07, 6.45) is 2.25. The van der Waals surface area contributed by atoms with Crippen LogP contribution < -0.4 is 0 Å². The number of piperidine rings is 1. The number of amides is 1. The Morgan fingerprint density at radius 2 is 1.90 bits per heavy atom. The molecular formula is C17H25NO3. The van der Waals surface area contributed by atoms with Gasteiger partial charge in [-0.15, -0.1) is 6.58 Å². The fraction of sp³-hybridized carbons (Fsp3) is 0.471. The van der Waals surface area contributed by atoms with Crippen LogP contribution in [0.2, 0.25) is 0 Å². The van der Waals surface area contributed by atoms with Crippen molar-refractivity contribution in [2.75, 3.05) is 13.1 Å². The van der Waals surface area contributed by atoms with E-state index in [0.29, 0.717) is 25.9 Å². The lowest BCUT2D eigenvalue weighted by molar-refractivity contribution is 0.0141. The van der Waals surface area contributed by atoms with Gasteiger partial charge in [0, 0.05) is 13.1 Å². The van der Waals surface area contributed by atoms with E-state index >= 15 is 0 Å². The normalized spacial score (nSPS) is 16.4. The Labute approximate surface area is 127 Å². The molecule has 1 amide bonds. The van der Waals surface area contributed by atoms with Gasteiger partial charge in [-0.1, -0.05) is 50.3 Å². The van der Waals surface area contributed by atoms with E-state index in [2.05, 4.69) is 6.58 Å². The Hall–Kier alpha value is -1.81. The molecule has 0 unspecified atom stereocenters. The Morgan fingerprint density at radius 3 is 2.43 bits per heavy atom. The molecule has 0 saturated carbocycles. The largest absolute Gasteiger partial charge is 0.445 e. The van der Waals surface area contributed by atoms with Crippen LogP contribution in [0.15, 0.2) is 43.0 Å². The van der Waals surface area contributed by atoms with E-state index in [0.717, 1.165) is 5.56 Å². The molecule has 1 aliphatic heterocycles. The molecule has 1 aromatic rings. The molecule has 21 heavy (non-hydrogen) atoms. The van der Waals surface area contributed by atoms with E-state index in [9.17, 15) is 9.90 Å². The molecule has 0 aliphatic carbocycles. The minimum Gasteiger partial charge on any atom is -0.445 e. The molecule has 2 rings (SSSR count). The van der Waals surface area contributed by atoms with Crippen molar-refractivity contribution in [1.29, 1.82) is 0 Å². The average Bonchev–Trinajstić information content (AvgIpc) is 2.56. The molecule has 1 aliphatic rings. The maximum Gasteiger partial charge on any atom is 0.410 e. The number of carbonyl (C=O) groups is 1. The van der Waals surface area contributed by atoms with Crippen molar-refractivity contribution in [3.8, 4) is 0 Å². The first-order chi connectivity index (χ1) is 10.1. The van der Waals surface area contributed by atoms with E-state index in [1.54, 1.807) is 11.0 Å². The highest BCUT2D eigenvalue weighted by Crippen LogP contribution is 2.23. The molecule has 1 saturated heterocycles. The maximum absolute atomic E-state index is 11.9. The number of hydrogen-bond donors (Lipinski definition) is 1. The molecule has 1 fully saturated rings. The standard InChI is InChI=1S/C15H19NO3.C2H6/c1-2-15(18)8-10-16(11-9-15)14(17)19-12-13-6-4-3-5-7-13;1-2/h2-7,18H,1,8-12H2;1-2H3. The molecule has 1 heterocycles. The summed E-state index contributed by atoms with van der Waals surface area (Å²) >= 11 is 0. The highest BCUT2D eigenvalue weighted by atomic mass is 16.6. The van der Waals surface area contributed by atoms with Gasteiger partial charge in [-0.05, 0) is 18.4 Å². The first-order valence-electron chi connectivity index (χ1n) is 7.44. The van der Waals surface area contributed by atoms with Crippen LogP contribution in [-0.4, -0.2) is 34.8 Å². The van der Waals surface area contributed by atoms with Crippen LogP contribution in [0, 0.1) is 0 Å². The second-order valence-electron chi connectivity index (χ2n) is 4.83. The van der Waals surface area contributed by atoms with E-state index in [1.165, 1.54) is 0 Å². The minimum absolute atomic E-state index is 0.280. The minimum atomic E-state index is -0.837. The van der Waals surface area contributed by atoms with E-state index in [1.807, 2.05) is 44.2 Å². The Balaban J connectivity index is 0.00000106. The van der Waals surface area contributed by atoms with Crippen molar-refractivity contribution >= 4 is 6.09 Å². The predicted octanol–water partition coefficient (Wildman–Crippen LogP) is 3.36. The van der Waals surface area contributed by atoms with Gasteiger partial charge in [-0.25, -0.2) is 4.79 Å². The molecule has 0 radical (unpaired) electrons. The molecule has 1 aromatic carbocycles. The van der Waals surface area contributed by atoms with Crippen molar-refractivity contribution < 1.29 is 14.6 Å². The second kappa shape index (κ2) is 8.47. The third-order valence-electron chi connectivity index (χ3n) is 3.47. The monoisotopic (exact) mass is 291 g/mol. The number of ether oxygens (including phenoxy) is 1. The van der Waals surface area contributed by atoms with Gasteiger partial charge in [0.1, 0.15) is 6.61 Å². The van der Waals surface area contributed by atoms with Crippen LogP contribution in [0.25, 0.3) is 0 Å². The lowest BCUT2D eigenvalue weighted by Crippen LogP contribution is -2.45. The zero-order valence-electron chi connectivity index (χ0n) is 12.9. The van der Waals surface area contributed by atoms with E-state index in [-0.39, 0.29) is 12.7 Å². The van der Waals surface area contributed by atoms with Crippen molar-refractivity contribution in [2.24, 2.45) is 0 Å². The van der Waals surface area contributed by atoms with Gasteiger partial charge < -0.3 is 14.7 Å². The van der Waals surface area contributed by atoms with Gasteiger partial charge in [-0.3, -0.25) is 0 Å². The number of likely N-dealkylation sites (tertiary alicyclic amines) is 1. The molecule has 0 atom stereocenters. The molecular weight excluding hydrogens is 266 g/mol. The quantitative estimate of drug-likeness (QED) is 0.869. The first kappa shape index (κ1) is 17.2. The second-order valence-corrected chi connectivity index (χ2v) is 4.83. The zero-order valence-corrected chi connectivity index (χ0v) is 12.9. The summed E-state index contributed by atoms with van der Waals surface area (Å²) in [6, 6.07) is 9.58. The Morgan fingerprint density at radius 1 is 1.33 bits per heavy atom. The van der Waals surface area contributed by atoms with Crippen LogP contribution in [0.4, 0.5) is 4.79 Å². The van der Waals surface area contributed by atoms with E-state index in [4.69, 9.17) is 4.74 Å². The molecule has 4 heteroatoms. The van der Waals surface area contributed by atoms with Crippen LogP contribution >= 0.6 is 0 Å². The Bertz CT molecular complexity index is 437. The molecule has 0 aromatic heterocycles. The summed E-state index contributed by atoms with van der Waals surface area (Å²) < 4.78 is 5.25. The number of benzene rings is 1. The molecule has 0 spiro atoms. The van der Waals surface area contributed by atoms with Gasteiger partial charge in [0.2, 0.25) is 0 Å². The number of aliphatic hydroxyl groups is 1. The summed E-state index contributed by atoms with van der Waals surface area (Å²) in [6.45, 7) is 8.89. The number of hydrogen-bond acceptors (Lipinski definition) is 3. The number of nitrogens with zero attached hydrogens (tertiary/aromatic N) is 1. The van der Waals surface area contributed by atoms with Crippen LogP contribution in [-0.2, 0) is 11.3 Å². The summed E-state index contributed by atoms with van der Waals surface area (Å²) in [5.74, 6) is 0. The predicted molar refractivity (Wildman–Crippen MR) is 83.9 cm³/mol. The molecule has 4 nitrogen and oxygen atoms in total. The van der Waals surface area contributed by atoms with Gasteiger partial charge in [0.15, 0.2) is 0 Å². The number of rotatable bonds is 3. The highest BCUT2D eigenvalue weighted by Gasteiger charge is 2.31. The summed E-state index contributed by atoms with van der Waals surface area (Å²) in [5.41, 5.74) is 0.131. The Kier molecular flexibility index (Phi) is 6.96. The summed E-state index contributed by atoms with van der Waals surface area (Å²) in [5, 5.41) is 9.99. The lowest BCUT2D eigenvalue weighted by atomic mass is 9.92. The third-order valence-corrected chi connectivity index (χ3v) is 3.47. The highest BCUT2D eigenvalue weighted by molar-refractivity contribution is 5.67. The zero-order chi connectivity index (χ0) is 15.7. The lowest BCUT2D eigenvalue weighted by Gasteiger charge is -2.35. The van der Waals surface area contributed by atoms with Gasteiger partial charge in [0.05, 0.1) is 5.60 Å². The SMILES string of the molecule is C=CC1(O)CCN(C(=O)OCc2ccccc2)CC1.CC. The molecule has 0 bridgehead atoms. The van der Waals surface area contributed by atoms with Gasteiger partial charge >= 0.3 is 6.09 Å². The van der Waals surface area contributed by atoms with Crippen LogP contribution in [0.3, 0.4) is 0 Å². The third kappa shape index (κ3) is 5.23. The van der Waals surface area contributed by atoms with Gasteiger partial charge in [0.25, 0.3) is 0 Å². The smallest absolute Gasteiger partial charge is 0.410 e. The van der Waals surface area contributed by atoms with Crippen LogP contribution in [0.5, 0.6) is 0 Å². The van der Waals surface area contributed by atoms with Crippen molar-refractivity contribution in [1.82, 2.24) is 4.90 Å². The first-order valence-corrected chi connectivity index (χ1v) is 7.44. The average molecular weight is 291 g/mol. The van der Waals surface area contributed by atoms with Crippen molar-refractivity contribution in [3.63, 3.8) is 0 Å². The topological polar surface area (TPSA) is 49.8 Å². The summed E-state index contributed by atoms with van der Waals surface area (Å²) in [4.78, 5) is 13.5. The van der Waals surface area contributed by atoms with Crippen molar-refractivity contribution in [2.45, 2.75) is 38.9 Å². The molecule has 116 valence electrons. The number of carbonyl (C=O) groups excluding carboxylic acids is 1. The molecule has 1 N–H and O–H groups in total. The summed E-state index contributed by atoms with van der Waals surface area (Å²) in [7, 11) is 0. The van der Waals surface area contributed by atoms with E-state index < -0.39 is 5.60 Å². The van der Waals surface area contributed by atoms with Crippen LogP contribution in [0.1, 0.15) is 32.3 Å². The fourth-order valence-corrected chi connectivity index (χ4v) is 2.09.